The number of halogens is 4. The van der Waals surface area contributed by atoms with Gasteiger partial charge in [-0.25, -0.2) is 0 Å². The summed E-state index contributed by atoms with van der Waals surface area (Å²) in [6.45, 7) is 4.37. The summed E-state index contributed by atoms with van der Waals surface area (Å²) in [4.78, 5) is 26.8. The van der Waals surface area contributed by atoms with Crippen LogP contribution in [0.3, 0.4) is 0 Å². The summed E-state index contributed by atoms with van der Waals surface area (Å²) in [6, 6.07) is 3.47. The molecule has 4 rings (SSSR count). The minimum atomic E-state index is -3.57. The van der Waals surface area contributed by atoms with Crippen LogP contribution in [0.2, 0.25) is 10.0 Å². The van der Waals surface area contributed by atoms with Crippen LogP contribution in [0.5, 0.6) is 0 Å². The van der Waals surface area contributed by atoms with E-state index in [2.05, 4.69) is 10.2 Å². The molecule has 2 aliphatic heterocycles. The number of likely N-dealkylation sites (tertiary alicyclic amines) is 2. The molecule has 2 fully saturated rings. The molecule has 0 aliphatic carbocycles. The molecule has 1 spiro atoms. The first-order valence-electron chi connectivity index (χ1n) is 9.22. The van der Waals surface area contributed by atoms with Gasteiger partial charge in [0.1, 0.15) is 0 Å². The zero-order valence-corrected chi connectivity index (χ0v) is 17.7. The fourth-order valence-electron chi connectivity index (χ4n) is 4.12. The lowest BCUT2D eigenvalue weighted by atomic mass is 9.71. The lowest BCUT2D eigenvalue weighted by molar-refractivity contribution is -0.141. The third-order valence-electron chi connectivity index (χ3n) is 5.84. The van der Waals surface area contributed by atoms with Crippen molar-refractivity contribution in [1.29, 1.82) is 0 Å². The molecule has 11 heteroatoms. The molecular formula is C19H18Cl2F2N4O3. The molecule has 2 aliphatic rings. The number of hydrogen-bond donors (Lipinski definition) is 0. The van der Waals surface area contributed by atoms with Crippen LogP contribution >= 0.6 is 23.2 Å². The highest BCUT2D eigenvalue weighted by Gasteiger charge is 2.58. The van der Waals surface area contributed by atoms with Crippen LogP contribution in [-0.2, 0) is 15.5 Å². The Hall–Kier alpha value is -2.26. The van der Waals surface area contributed by atoms with Gasteiger partial charge in [0.15, 0.2) is 0 Å². The Labute approximate surface area is 180 Å². The Morgan fingerprint density at radius 1 is 1.10 bits per heavy atom. The molecule has 7 nitrogen and oxygen atoms in total. The second-order valence-corrected chi connectivity index (χ2v) is 8.65. The van der Waals surface area contributed by atoms with Crippen LogP contribution in [0.25, 0.3) is 0 Å². The zero-order valence-electron chi connectivity index (χ0n) is 16.2. The Bertz CT molecular complexity index is 1020. The van der Waals surface area contributed by atoms with E-state index in [0.29, 0.717) is 19.6 Å². The summed E-state index contributed by atoms with van der Waals surface area (Å²) in [5.41, 5.74) is -0.912. The third kappa shape index (κ3) is 3.33. The summed E-state index contributed by atoms with van der Waals surface area (Å²) in [7, 11) is 0. The minimum Gasteiger partial charge on any atom is -0.419 e. The first kappa shape index (κ1) is 21.0. The van der Waals surface area contributed by atoms with Crippen molar-refractivity contribution in [2.24, 2.45) is 5.41 Å². The van der Waals surface area contributed by atoms with Crippen molar-refractivity contribution in [1.82, 2.24) is 20.0 Å². The molecule has 0 radical (unpaired) electrons. The van der Waals surface area contributed by atoms with E-state index in [1.165, 1.54) is 19.9 Å². The molecule has 0 bridgehead atoms. The highest BCUT2D eigenvalue weighted by atomic mass is 35.5. The molecule has 1 atom stereocenters. The maximum atomic E-state index is 14.9. The van der Waals surface area contributed by atoms with E-state index in [4.69, 9.17) is 27.6 Å². The number of carbonyl (C=O) groups is 2. The molecule has 1 aromatic heterocycles. The number of aromatic nitrogens is 2. The molecule has 2 amide bonds. The van der Waals surface area contributed by atoms with Gasteiger partial charge < -0.3 is 14.2 Å². The van der Waals surface area contributed by atoms with Gasteiger partial charge in [-0.05, 0) is 12.1 Å². The Kier molecular flexibility index (Phi) is 5.01. The highest BCUT2D eigenvalue weighted by molar-refractivity contribution is 6.42. The molecule has 3 heterocycles. The first-order chi connectivity index (χ1) is 14.0. The quantitative estimate of drug-likeness (QED) is 0.704. The van der Waals surface area contributed by atoms with Crippen molar-refractivity contribution < 1.29 is 22.8 Å². The fraction of sp³-hybridized carbons (Fsp3) is 0.474. The van der Waals surface area contributed by atoms with Crippen molar-refractivity contribution in [3.63, 3.8) is 0 Å². The van der Waals surface area contributed by atoms with Crippen molar-refractivity contribution in [2.45, 2.75) is 25.7 Å². The van der Waals surface area contributed by atoms with Crippen LogP contribution in [0.15, 0.2) is 22.6 Å². The molecule has 1 unspecified atom stereocenters. The van der Waals surface area contributed by atoms with Crippen molar-refractivity contribution in [3.05, 3.63) is 45.6 Å². The van der Waals surface area contributed by atoms with E-state index >= 15 is 0 Å². The van der Waals surface area contributed by atoms with Crippen LogP contribution in [0, 0.1) is 5.41 Å². The maximum absolute atomic E-state index is 14.9. The van der Waals surface area contributed by atoms with Gasteiger partial charge >= 0.3 is 5.92 Å². The number of benzene rings is 1. The average Bonchev–Trinajstić information content (AvgIpc) is 3.27. The average molecular weight is 459 g/mol. The van der Waals surface area contributed by atoms with Gasteiger partial charge in [0, 0.05) is 51.0 Å². The van der Waals surface area contributed by atoms with E-state index in [0.717, 1.165) is 12.1 Å². The predicted octanol–water partition coefficient (Wildman–Crippen LogP) is 3.31. The zero-order chi connectivity index (χ0) is 21.8. The van der Waals surface area contributed by atoms with Gasteiger partial charge in [-0.1, -0.05) is 29.3 Å². The van der Waals surface area contributed by atoms with Gasteiger partial charge in [0.2, 0.25) is 17.7 Å². The first-order valence-corrected chi connectivity index (χ1v) is 9.97. The summed E-state index contributed by atoms with van der Waals surface area (Å²) in [6.07, 6.45) is 0. The van der Waals surface area contributed by atoms with Crippen LogP contribution in [0.4, 0.5) is 8.78 Å². The molecule has 0 saturated carbocycles. The largest absolute Gasteiger partial charge is 0.419 e. The van der Waals surface area contributed by atoms with Gasteiger partial charge in [0.25, 0.3) is 5.89 Å². The number of hydrogen-bond acceptors (Lipinski definition) is 5. The number of carbonyl (C=O) groups excluding carboxylic acids is 2. The molecular weight excluding hydrogens is 441 g/mol. The predicted molar refractivity (Wildman–Crippen MR) is 103 cm³/mol. The number of nitrogens with zero attached hydrogens (tertiary/aromatic N) is 4. The number of rotatable bonds is 3. The highest BCUT2D eigenvalue weighted by Crippen LogP contribution is 2.49. The Balaban J connectivity index is 1.64. The lowest BCUT2D eigenvalue weighted by Crippen LogP contribution is -2.61. The van der Waals surface area contributed by atoms with E-state index in [1.807, 2.05) is 0 Å². The molecule has 2 aromatic rings. The Morgan fingerprint density at radius 3 is 2.33 bits per heavy atom. The van der Waals surface area contributed by atoms with Gasteiger partial charge in [-0.3, -0.25) is 9.59 Å². The van der Waals surface area contributed by atoms with Gasteiger partial charge in [-0.15, -0.1) is 10.2 Å². The standard InChI is InChI=1S/C19H18Cl2F2N4O3/c1-10(28)26-6-13(18(7-26)8-27(9-18)11(2)29)16-24-25-17(30-16)19(22,23)12-3-4-14(20)15(21)5-12/h3-5,13H,6-9H2,1-2H3. The maximum Gasteiger partial charge on any atom is 0.349 e. The van der Waals surface area contributed by atoms with Crippen molar-refractivity contribution >= 4 is 35.0 Å². The monoisotopic (exact) mass is 458 g/mol. The molecule has 160 valence electrons. The normalized spacial score (nSPS) is 20.5. The topological polar surface area (TPSA) is 79.5 Å². The SMILES string of the molecule is CC(=O)N1CC(c2nnc(C(F)(F)c3ccc(Cl)c(Cl)c3)o2)C2(C1)CN(C(C)=O)C2. The number of amides is 2. The molecule has 0 N–H and O–H groups in total. The van der Waals surface area contributed by atoms with Crippen LogP contribution < -0.4 is 0 Å². The summed E-state index contributed by atoms with van der Waals surface area (Å²) >= 11 is 11.7. The van der Waals surface area contributed by atoms with Gasteiger partial charge in [-0.2, -0.15) is 8.78 Å². The van der Waals surface area contributed by atoms with E-state index < -0.39 is 28.7 Å². The Morgan fingerprint density at radius 2 is 1.73 bits per heavy atom. The third-order valence-corrected chi connectivity index (χ3v) is 6.58. The smallest absolute Gasteiger partial charge is 0.349 e. The van der Waals surface area contributed by atoms with E-state index in [-0.39, 0.29) is 34.3 Å². The van der Waals surface area contributed by atoms with Crippen molar-refractivity contribution in [2.75, 3.05) is 26.2 Å². The van der Waals surface area contributed by atoms with Gasteiger partial charge in [0.05, 0.1) is 16.0 Å². The molecule has 2 saturated heterocycles. The summed E-state index contributed by atoms with van der Waals surface area (Å²) in [5, 5.41) is 7.59. The van der Waals surface area contributed by atoms with Crippen LogP contribution in [-0.4, -0.2) is 58.0 Å². The van der Waals surface area contributed by atoms with Crippen molar-refractivity contribution in [3.8, 4) is 0 Å². The lowest BCUT2D eigenvalue weighted by Gasteiger charge is -2.49. The molecule has 30 heavy (non-hydrogen) atoms. The van der Waals surface area contributed by atoms with E-state index in [1.54, 1.807) is 9.80 Å². The summed E-state index contributed by atoms with van der Waals surface area (Å²) < 4.78 is 35.3. The molecule has 1 aromatic carbocycles. The fourth-order valence-corrected chi connectivity index (χ4v) is 4.42. The van der Waals surface area contributed by atoms with Crippen LogP contribution in [0.1, 0.15) is 37.1 Å². The second-order valence-electron chi connectivity index (χ2n) is 7.84. The number of alkyl halides is 2. The second kappa shape index (κ2) is 7.16. The summed E-state index contributed by atoms with van der Waals surface area (Å²) in [5.74, 6) is -5.08. The minimum absolute atomic E-state index is 0.0146. The van der Waals surface area contributed by atoms with E-state index in [9.17, 15) is 18.4 Å².